The molecule has 0 radical (unpaired) electrons. The number of carbonyl (C=O) groups is 1. The molecule has 1 fully saturated rings. The van der Waals surface area contributed by atoms with Crippen molar-refractivity contribution in [2.75, 3.05) is 13.1 Å². The van der Waals surface area contributed by atoms with Crippen LogP contribution >= 0.6 is 11.6 Å². The summed E-state index contributed by atoms with van der Waals surface area (Å²) in [6.07, 6.45) is 2.25. The van der Waals surface area contributed by atoms with E-state index in [9.17, 15) is 9.90 Å². The minimum atomic E-state index is -0.257. The van der Waals surface area contributed by atoms with Gasteiger partial charge in [-0.25, -0.2) is 0 Å². The van der Waals surface area contributed by atoms with Crippen molar-refractivity contribution in [2.45, 2.75) is 25.8 Å². The molecule has 0 aromatic heterocycles. The molecule has 5 heteroatoms. The van der Waals surface area contributed by atoms with Gasteiger partial charge in [-0.15, -0.1) is 0 Å². The van der Waals surface area contributed by atoms with Crippen molar-refractivity contribution in [3.05, 3.63) is 28.8 Å². The highest BCUT2D eigenvalue weighted by molar-refractivity contribution is 6.30. The third kappa shape index (κ3) is 3.61. The number of benzene rings is 1. The molecule has 104 valence electrons. The van der Waals surface area contributed by atoms with Crippen LogP contribution < -0.4 is 10.6 Å². The van der Waals surface area contributed by atoms with Crippen LogP contribution in [0.3, 0.4) is 0 Å². The van der Waals surface area contributed by atoms with E-state index in [0.717, 1.165) is 25.9 Å². The van der Waals surface area contributed by atoms with Gasteiger partial charge in [0.05, 0.1) is 5.56 Å². The summed E-state index contributed by atoms with van der Waals surface area (Å²) in [5.74, 6) is 0.0957. The Morgan fingerprint density at radius 2 is 2.37 bits per heavy atom. The predicted octanol–water partition coefficient (Wildman–Crippen LogP) is 2.16. The molecule has 1 saturated heterocycles. The number of phenolic OH excluding ortho intramolecular Hbond substituents is 1. The Balaban J connectivity index is 1.99. The number of piperidine rings is 1. The molecular formula is C14H19ClN2O2. The number of rotatable bonds is 3. The van der Waals surface area contributed by atoms with Crippen LogP contribution in [0.5, 0.6) is 5.75 Å². The number of hydrogen-bond acceptors (Lipinski definition) is 3. The SMILES string of the molecule is CC(NC(=O)c1ccc(Cl)cc1O)C1CCCNC1. The fourth-order valence-electron chi connectivity index (χ4n) is 2.40. The van der Waals surface area contributed by atoms with Crippen molar-refractivity contribution in [1.82, 2.24) is 10.6 Å². The van der Waals surface area contributed by atoms with Gasteiger partial charge in [-0.2, -0.15) is 0 Å². The molecule has 1 aliphatic rings. The first kappa shape index (κ1) is 14.2. The number of phenols is 1. The van der Waals surface area contributed by atoms with Crippen LogP contribution in [-0.2, 0) is 0 Å². The molecule has 0 bridgehead atoms. The smallest absolute Gasteiger partial charge is 0.255 e. The number of hydrogen-bond donors (Lipinski definition) is 3. The summed E-state index contributed by atoms with van der Waals surface area (Å²) in [6, 6.07) is 4.60. The van der Waals surface area contributed by atoms with E-state index in [4.69, 9.17) is 11.6 Å². The summed E-state index contributed by atoms with van der Waals surface area (Å²) in [4.78, 5) is 12.1. The van der Waals surface area contributed by atoms with Crippen LogP contribution in [0.15, 0.2) is 18.2 Å². The zero-order chi connectivity index (χ0) is 13.8. The quantitative estimate of drug-likeness (QED) is 0.796. The normalized spacial score (nSPS) is 20.8. The number of amides is 1. The van der Waals surface area contributed by atoms with E-state index in [1.165, 1.54) is 6.07 Å². The van der Waals surface area contributed by atoms with Gasteiger partial charge in [0.25, 0.3) is 5.91 Å². The van der Waals surface area contributed by atoms with Gasteiger partial charge in [0.1, 0.15) is 5.75 Å². The van der Waals surface area contributed by atoms with E-state index in [-0.39, 0.29) is 23.3 Å². The number of halogens is 1. The maximum atomic E-state index is 12.1. The van der Waals surface area contributed by atoms with Crippen LogP contribution in [0.1, 0.15) is 30.1 Å². The third-order valence-electron chi connectivity index (χ3n) is 3.61. The lowest BCUT2D eigenvalue weighted by atomic mass is 9.92. The van der Waals surface area contributed by atoms with Crippen molar-refractivity contribution in [2.24, 2.45) is 5.92 Å². The minimum absolute atomic E-state index is 0.0791. The lowest BCUT2D eigenvalue weighted by Gasteiger charge is -2.29. The van der Waals surface area contributed by atoms with Crippen molar-refractivity contribution in [3.8, 4) is 5.75 Å². The zero-order valence-electron chi connectivity index (χ0n) is 10.9. The molecule has 3 N–H and O–H groups in total. The Labute approximate surface area is 118 Å². The van der Waals surface area contributed by atoms with Gasteiger partial charge in [-0.05, 0) is 57.0 Å². The van der Waals surface area contributed by atoms with Crippen molar-refractivity contribution in [1.29, 1.82) is 0 Å². The second-order valence-corrected chi connectivity index (χ2v) is 5.47. The van der Waals surface area contributed by atoms with E-state index in [1.807, 2.05) is 6.92 Å². The average Bonchev–Trinajstić information content (AvgIpc) is 2.39. The Bertz CT molecular complexity index is 459. The van der Waals surface area contributed by atoms with Gasteiger partial charge >= 0.3 is 0 Å². The molecule has 1 aromatic rings. The zero-order valence-corrected chi connectivity index (χ0v) is 11.7. The van der Waals surface area contributed by atoms with Gasteiger partial charge in [0.2, 0.25) is 0 Å². The Kier molecular flexibility index (Phi) is 4.66. The Hall–Kier alpha value is -1.26. The molecule has 1 heterocycles. The molecule has 4 nitrogen and oxygen atoms in total. The fourth-order valence-corrected chi connectivity index (χ4v) is 2.57. The lowest BCUT2D eigenvalue weighted by molar-refractivity contribution is 0.0919. The van der Waals surface area contributed by atoms with Crippen LogP contribution in [0, 0.1) is 5.92 Å². The maximum absolute atomic E-state index is 12.1. The molecule has 1 aliphatic heterocycles. The first-order valence-corrected chi connectivity index (χ1v) is 6.96. The topological polar surface area (TPSA) is 61.4 Å². The van der Waals surface area contributed by atoms with Crippen molar-refractivity contribution >= 4 is 17.5 Å². The average molecular weight is 283 g/mol. The molecule has 2 unspecified atom stereocenters. The summed E-state index contributed by atoms with van der Waals surface area (Å²) in [5.41, 5.74) is 0.264. The first-order chi connectivity index (χ1) is 9.08. The van der Waals surface area contributed by atoms with Crippen LogP contribution in [-0.4, -0.2) is 30.1 Å². The summed E-state index contributed by atoms with van der Waals surface area (Å²) >= 11 is 5.75. The molecule has 0 aliphatic carbocycles. The second-order valence-electron chi connectivity index (χ2n) is 5.03. The van der Waals surface area contributed by atoms with Crippen molar-refractivity contribution < 1.29 is 9.90 Å². The molecule has 19 heavy (non-hydrogen) atoms. The van der Waals surface area contributed by atoms with Gasteiger partial charge < -0.3 is 15.7 Å². The minimum Gasteiger partial charge on any atom is -0.507 e. The van der Waals surface area contributed by atoms with E-state index >= 15 is 0 Å². The largest absolute Gasteiger partial charge is 0.507 e. The molecule has 1 amide bonds. The van der Waals surface area contributed by atoms with Crippen molar-refractivity contribution in [3.63, 3.8) is 0 Å². The highest BCUT2D eigenvalue weighted by atomic mass is 35.5. The molecule has 0 saturated carbocycles. The standard InChI is InChI=1S/C14H19ClN2O2/c1-9(10-3-2-6-16-8-10)17-14(19)12-5-4-11(15)7-13(12)18/h4-5,7,9-10,16,18H,2-3,6,8H2,1H3,(H,17,19). The fraction of sp³-hybridized carbons (Fsp3) is 0.500. The summed E-state index contributed by atoms with van der Waals surface area (Å²) in [6.45, 7) is 3.98. The van der Waals surface area contributed by atoms with Crippen LogP contribution in [0.4, 0.5) is 0 Å². The highest BCUT2D eigenvalue weighted by Gasteiger charge is 2.22. The monoisotopic (exact) mass is 282 g/mol. The van der Waals surface area contributed by atoms with Gasteiger partial charge in [0.15, 0.2) is 0 Å². The molecule has 2 atom stereocenters. The first-order valence-electron chi connectivity index (χ1n) is 6.58. The molecule has 0 spiro atoms. The number of nitrogens with one attached hydrogen (secondary N) is 2. The highest BCUT2D eigenvalue weighted by Crippen LogP contribution is 2.22. The summed E-state index contributed by atoms with van der Waals surface area (Å²) < 4.78 is 0. The number of carbonyl (C=O) groups excluding carboxylic acids is 1. The van der Waals surface area contributed by atoms with Crippen LogP contribution in [0.2, 0.25) is 5.02 Å². The second kappa shape index (κ2) is 6.26. The van der Waals surface area contributed by atoms with Gasteiger partial charge in [-0.1, -0.05) is 11.6 Å². The lowest BCUT2D eigenvalue weighted by Crippen LogP contribution is -2.44. The van der Waals surface area contributed by atoms with E-state index in [0.29, 0.717) is 10.9 Å². The van der Waals surface area contributed by atoms with Crippen LogP contribution in [0.25, 0.3) is 0 Å². The maximum Gasteiger partial charge on any atom is 0.255 e. The summed E-state index contributed by atoms with van der Waals surface area (Å²) in [5, 5.41) is 16.4. The molecule has 1 aromatic carbocycles. The van der Waals surface area contributed by atoms with Gasteiger partial charge in [-0.3, -0.25) is 4.79 Å². The molecular weight excluding hydrogens is 264 g/mol. The Morgan fingerprint density at radius 3 is 3.00 bits per heavy atom. The Morgan fingerprint density at radius 1 is 1.58 bits per heavy atom. The van der Waals surface area contributed by atoms with E-state index in [1.54, 1.807) is 12.1 Å². The molecule has 2 rings (SSSR count). The van der Waals surface area contributed by atoms with E-state index < -0.39 is 0 Å². The summed E-state index contributed by atoms with van der Waals surface area (Å²) in [7, 11) is 0. The predicted molar refractivity (Wildman–Crippen MR) is 75.6 cm³/mol. The van der Waals surface area contributed by atoms with Gasteiger partial charge in [0, 0.05) is 11.1 Å². The third-order valence-corrected chi connectivity index (χ3v) is 3.84. The van der Waals surface area contributed by atoms with E-state index in [2.05, 4.69) is 10.6 Å². The number of aromatic hydroxyl groups is 1.